The highest BCUT2D eigenvalue weighted by atomic mass is 35.5. The number of anilines is 2. The number of para-hydroxylation sites is 2. The predicted molar refractivity (Wildman–Crippen MR) is 94.0 cm³/mol. The zero-order valence-electron chi connectivity index (χ0n) is 12.8. The number of halogens is 2. The number of fused-ring (bicyclic) bond motifs is 1. The molecule has 0 unspecified atom stereocenters. The summed E-state index contributed by atoms with van der Waals surface area (Å²) in [7, 11) is 0. The lowest BCUT2D eigenvalue weighted by Crippen LogP contribution is -2.47. The molecule has 0 aliphatic carbocycles. The fraction of sp³-hybridized carbons (Fsp3) is 0.176. The lowest BCUT2D eigenvalue weighted by Gasteiger charge is -2.31. The van der Waals surface area contributed by atoms with E-state index >= 15 is 0 Å². The molecule has 0 bridgehead atoms. The summed E-state index contributed by atoms with van der Waals surface area (Å²) in [5, 5.41) is 3.57. The van der Waals surface area contributed by atoms with Crippen LogP contribution in [0, 0.1) is 0 Å². The van der Waals surface area contributed by atoms with Gasteiger partial charge in [-0.15, -0.1) is 0 Å². The smallest absolute Gasteiger partial charge is 0.268 e. The number of carbonyl (C=O) groups is 2. The normalized spacial score (nSPS) is 14.6. The number of nitrogens with zero attached hydrogens (tertiary/aromatic N) is 1. The van der Waals surface area contributed by atoms with Gasteiger partial charge in [0.05, 0.1) is 11.4 Å². The molecule has 2 aromatic carbocycles. The largest absolute Gasteiger partial charge is 0.481 e. The third-order valence-corrected chi connectivity index (χ3v) is 3.97. The third-order valence-electron chi connectivity index (χ3n) is 3.53. The molecule has 0 aromatic heterocycles. The summed E-state index contributed by atoms with van der Waals surface area (Å²) < 4.78 is 5.65. The van der Waals surface area contributed by atoms with Crippen molar-refractivity contribution in [3.8, 4) is 5.75 Å². The molecule has 0 radical (unpaired) electrons. The Morgan fingerprint density at radius 2 is 1.88 bits per heavy atom. The first-order valence-corrected chi connectivity index (χ1v) is 8.02. The van der Waals surface area contributed by atoms with Gasteiger partial charge in [0, 0.05) is 10.0 Å². The van der Waals surface area contributed by atoms with Crippen LogP contribution in [0.25, 0.3) is 0 Å². The second kappa shape index (κ2) is 6.71. The summed E-state index contributed by atoms with van der Waals surface area (Å²) in [4.78, 5) is 26.0. The van der Waals surface area contributed by atoms with Crippen molar-refractivity contribution in [3.63, 3.8) is 0 Å². The summed E-state index contributed by atoms with van der Waals surface area (Å²) in [6.45, 7) is 1.56. The first kappa shape index (κ1) is 16.6. The zero-order valence-corrected chi connectivity index (χ0v) is 14.3. The Morgan fingerprint density at radius 3 is 2.58 bits per heavy atom. The number of benzene rings is 2. The van der Waals surface area contributed by atoms with E-state index in [2.05, 4.69) is 5.32 Å². The molecular weight excluding hydrogens is 351 g/mol. The van der Waals surface area contributed by atoms with Crippen LogP contribution in [0.15, 0.2) is 42.5 Å². The molecule has 0 saturated heterocycles. The van der Waals surface area contributed by atoms with Crippen LogP contribution >= 0.6 is 23.2 Å². The highest BCUT2D eigenvalue weighted by Gasteiger charge is 2.30. The standard InChI is InChI=1S/C17H14Cl2N2O3/c1-10(24-13-7-11(18)6-12(19)8-13)17(23)21-9-16(22)20-14-4-2-3-5-15(14)21/h2-8,10H,9H2,1H3,(H,20,22)/t10-/m0/s1. The Bertz CT molecular complexity index is 790. The van der Waals surface area contributed by atoms with Gasteiger partial charge in [-0.25, -0.2) is 0 Å². The lowest BCUT2D eigenvalue weighted by atomic mass is 10.1. The molecule has 1 N–H and O–H groups in total. The van der Waals surface area contributed by atoms with Crippen molar-refractivity contribution in [3.05, 3.63) is 52.5 Å². The summed E-state index contributed by atoms with van der Waals surface area (Å²) >= 11 is 11.9. The monoisotopic (exact) mass is 364 g/mol. The maximum Gasteiger partial charge on any atom is 0.268 e. The van der Waals surface area contributed by atoms with E-state index in [0.717, 1.165) is 0 Å². The molecule has 1 heterocycles. The van der Waals surface area contributed by atoms with Crippen molar-refractivity contribution in [1.29, 1.82) is 0 Å². The first-order valence-electron chi connectivity index (χ1n) is 7.27. The average molecular weight is 365 g/mol. The number of hydrogen-bond acceptors (Lipinski definition) is 3. The molecule has 0 saturated carbocycles. The molecule has 124 valence electrons. The van der Waals surface area contributed by atoms with Crippen LogP contribution in [0.1, 0.15) is 6.92 Å². The van der Waals surface area contributed by atoms with E-state index in [-0.39, 0.29) is 18.4 Å². The van der Waals surface area contributed by atoms with Crippen LogP contribution in [-0.4, -0.2) is 24.5 Å². The fourth-order valence-electron chi connectivity index (χ4n) is 2.50. The van der Waals surface area contributed by atoms with Gasteiger partial charge >= 0.3 is 0 Å². The average Bonchev–Trinajstić information content (AvgIpc) is 2.52. The van der Waals surface area contributed by atoms with Crippen LogP contribution < -0.4 is 15.0 Å². The SMILES string of the molecule is C[C@H](Oc1cc(Cl)cc(Cl)c1)C(=O)N1CC(=O)Nc2ccccc21. The van der Waals surface area contributed by atoms with Gasteiger partial charge < -0.3 is 10.1 Å². The van der Waals surface area contributed by atoms with E-state index in [9.17, 15) is 9.59 Å². The van der Waals surface area contributed by atoms with Crippen LogP contribution in [0.2, 0.25) is 10.0 Å². The first-order chi connectivity index (χ1) is 11.4. The number of carbonyl (C=O) groups excluding carboxylic acids is 2. The van der Waals surface area contributed by atoms with Gasteiger partial charge in [-0.2, -0.15) is 0 Å². The van der Waals surface area contributed by atoms with Crippen LogP contribution in [0.3, 0.4) is 0 Å². The van der Waals surface area contributed by atoms with Gasteiger partial charge in [-0.1, -0.05) is 35.3 Å². The minimum Gasteiger partial charge on any atom is -0.481 e. The van der Waals surface area contributed by atoms with Gasteiger partial charge in [-0.3, -0.25) is 14.5 Å². The van der Waals surface area contributed by atoms with Crippen LogP contribution in [0.4, 0.5) is 11.4 Å². The van der Waals surface area contributed by atoms with E-state index < -0.39 is 6.10 Å². The second-order valence-corrected chi connectivity index (χ2v) is 6.23. The lowest BCUT2D eigenvalue weighted by molar-refractivity contribution is -0.126. The van der Waals surface area contributed by atoms with Crippen molar-refractivity contribution in [1.82, 2.24) is 0 Å². The van der Waals surface area contributed by atoms with Crippen molar-refractivity contribution in [2.45, 2.75) is 13.0 Å². The Balaban J connectivity index is 1.82. The fourth-order valence-corrected chi connectivity index (χ4v) is 3.01. The molecule has 24 heavy (non-hydrogen) atoms. The number of nitrogens with one attached hydrogen (secondary N) is 1. The van der Waals surface area contributed by atoms with Crippen LogP contribution in [-0.2, 0) is 9.59 Å². The van der Waals surface area contributed by atoms with Crippen molar-refractivity contribution < 1.29 is 14.3 Å². The van der Waals surface area contributed by atoms with Crippen molar-refractivity contribution in [2.75, 3.05) is 16.8 Å². The molecule has 2 aromatic rings. The quantitative estimate of drug-likeness (QED) is 0.902. The van der Waals surface area contributed by atoms with Crippen molar-refractivity contribution in [2.24, 2.45) is 0 Å². The van der Waals surface area contributed by atoms with Gasteiger partial charge in [-0.05, 0) is 37.3 Å². The van der Waals surface area contributed by atoms with Gasteiger partial charge in [0.1, 0.15) is 12.3 Å². The highest BCUT2D eigenvalue weighted by Crippen LogP contribution is 2.30. The maximum absolute atomic E-state index is 12.7. The second-order valence-electron chi connectivity index (χ2n) is 5.35. The van der Waals surface area contributed by atoms with E-state index in [1.54, 1.807) is 49.4 Å². The summed E-state index contributed by atoms with van der Waals surface area (Å²) in [5.74, 6) is -0.184. The third kappa shape index (κ3) is 3.47. The van der Waals surface area contributed by atoms with E-state index in [1.807, 2.05) is 0 Å². The molecule has 1 atom stereocenters. The Kier molecular flexibility index (Phi) is 4.64. The van der Waals surface area contributed by atoms with Gasteiger partial charge in [0.15, 0.2) is 6.10 Å². The molecule has 1 aliphatic rings. The number of rotatable bonds is 3. The Labute approximate surface area is 149 Å². The number of ether oxygens (including phenoxy) is 1. The number of amides is 2. The summed E-state index contributed by atoms with van der Waals surface area (Å²) in [5.41, 5.74) is 1.24. The molecule has 0 fully saturated rings. The summed E-state index contributed by atoms with van der Waals surface area (Å²) in [6.07, 6.45) is -0.807. The molecule has 3 rings (SSSR count). The van der Waals surface area contributed by atoms with Gasteiger partial charge in [0.25, 0.3) is 5.91 Å². The maximum atomic E-state index is 12.7. The minimum absolute atomic E-state index is 0.0557. The summed E-state index contributed by atoms with van der Waals surface area (Å²) in [6, 6.07) is 11.8. The predicted octanol–water partition coefficient (Wildman–Crippen LogP) is 3.75. The molecule has 2 amide bonds. The van der Waals surface area contributed by atoms with Crippen molar-refractivity contribution >= 4 is 46.4 Å². The Hall–Kier alpha value is -2.24. The van der Waals surface area contributed by atoms with E-state index in [0.29, 0.717) is 27.2 Å². The molecule has 0 spiro atoms. The van der Waals surface area contributed by atoms with Gasteiger partial charge in [0.2, 0.25) is 5.91 Å². The minimum atomic E-state index is -0.807. The number of hydrogen-bond donors (Lipinski definition) is 1. The van der Waals surface area contributed by atoms with E-state index in [1.165, 1.54) is 4.90 Å². The zero-order chi connectivity index (χ0) is 17.3. The topological polar surface area (TPSA) is 58.6 Å². The van der Waals surface area contributed by atoms with Crippen LogP contribution in [0.5, 0.6) is 5.75 Å². The molecule has 5 nitrogen and oxygen atoms in total. The Morgan fingerprint density at radius 1 is 1.21 bits per heavy atom. The molecule has 7 heteroatoms. The van der Waals surface area contributed by atoms with E-state index in [4.69, 9.17) is 27.9 Å². The molecule has 1 aliphatic heterocycles. The highest BCUT2D eigenvalue weighted by molar-refractivity contribution is 6.34. The molecular formula is C17H14Cl2N2O3.